The van der Waals surface area contributed by atoms with E-state index in [-0.39, 0.29) is 12.4 Å². The largest absolute Gasteiger partial charge is 0.369 e. The van der Waals surface area contributed by atoms with Gasteiger partial charge in [-0.2, -0.15) is 0 Å². The predicted octanol–water partition coefficient (Wildman–Crippen LogP) is 1.40. The van der Waals surface area contributed by atoms with Gasteiger partial charge in [0.25, 0.3) is 0 Å². The predicted molar refractivity (Wildman–Crippen MR) is 56.9 cm³/mol. The normalized spacial score (nSPS) is 10.7. The Balaban J connectivity index is 2.71. The summed E-state index contributed by atoms with van der Waals surface area (Å²) in [4.78, 5) is 12.2. The average Bonchev–Trinajstić information content (AvgIpc) is 2.10. The van der Waals surface area contributed by atoms with Crippen LogP contribution in [0.5, 0.6) is 0 Å². The van der Waals surface area contributed by atoms with Crippen LogP contribution in [0.2, 0.25) is 5.02 Å². The molecule has 0 unspecified atom stereocenters. The van der Waals surface area contributed by atoms with Crippen molar-refractivity contribution in [1.29, 1.82) is 0 Å². The highest BCUT2D eigenvalue weighted by molar-refractivity contribution is 6.30. The van der Waals surface area contributed by atoms with Crippen LogP contribution in [0.4, 0.5) is 4.39 Å². The third-order valence-electron chi connectivity index (χ3n) is 1.87. The minimum atomic E-state index is -0.445. The standard InChI is InChI=1S/C10H12ClFN2O/c1-14(6-10(13)15)5-7-4-8(11)2-3-9(7)12/h2-4H,5-6H2,1H3,(H2,13,15). The summed E-state index contributed by atoms with van der Waals surface area (Å²) >= 11 is 5.73. The molecule has 1 aromatic carbocycles. The second kappa shape index (κ2) is 5.09. The molecule has 0 spiro atoms. The summed E-state index contributed by atoms with van der Waals surface area (Å²) in [6.07, 6.45) is 0. The minimum absolute atomic E-state index is 0.0892. The van der Waals surface area contributed by atoms with Crippen molar-refractivity contribution in [3.8, 4) is 0 Å². The fraction of sp³-hybridized carbons (Fsp3) is 0.300. The van der Waals surface area contributed by atoms with E-state index in [2.05, 4.69) is 0 Å². The first kappa shape index (κ1) is 11.9. The molecule has 0 aliphatic heterocycles. The molecule has 5 heteroatoms. The van der Waals surface area contributed by atoms with Gasteiger partial charge in [-0.25, -0.2) is 4.39 Å². The number of rotatable bonds is 4. The number of benzene rings is 1. The van der Waals surface area contributed by atoms with E-state index in [1.165, 1.54) is 18.2 Å². The monoisotopic (exact) mass is 230 g/mol. The lowest BCUT2D eigenvalue weighted by atomic mass is 10.2. The molecular formula is C10H12ClFN2O. The van der Waals surface area contributed by atoms with Gasteiger partial charge in [0.15, 0.2) is 0 Å². The number of primary amides is 1. The Morgan fingerprint density at radius 1 is 1.60 bits per heavy atom. The zero-order valence-corrected chi connectivity index (χ0v) is 9.09. The molecule has 1 aromatic rings. The Morgan fingerprint density at radius 2 is 2.27 bits per heavy atom. The van der Waals surface area contributed by atoms with Crippen molar-refractivity contribution in [2.75, 3.05) is 13.6 Å². The summed E-state index contributed by atoms with van der Waals surface area (Å²) in [5, 5.41) is 0.471. The van der Waals surface area contributed by atoms with Crippen molar-refractivity contribution in [2.24, 2.45) is 5.73 Å². The van der Waals surface area contributed by atoms with Crippen molar-refractivity contribution in [1.82, 2.24) is 4.90 Å². The van der Waals surface area contributed by atoms with Gasteiger partial charge in [-0.15, -0.1) is 0 Å². The van der Waals surface area contributed by atoms with Gasteiger partial charge >= 0.3 is 0 Å². The number of likely N-dealkylation sites (N-methyl/N-ethyl adjacent to an activating group) is 1. The van der Waals surface area contributed by atoms with Gasteiger partial charge in [0.1, 0.15) is 5.82 Å². The third kappa shape index (κ3) is 3.85. The smallest absolute Gasteiger partial charge is 0.231 e. The molecule has 0 saturated carbocycles. The summed E-state index contributed by atoms with van der Waals surface area (Å²) in [6.45, 7) is 0.390. The van der Waals surface area contributed by atoms with E-state index < -0.39 is 5.91 Å². The Bertz CT molecular complexity index is 370. The minimum Gasteiger partial charge on any atom is -0.369 e. The zero-order chi connectivity index (χ0) is 11.4. The maximum absolute atomic E-state index is 13.3. The van der Waals surface area contributed by atoms with E-state index in [1.54, 1.807) is 11.9 Å². The molecule has 0 bridgehead atoms. The maximum Gasteiger partial charge on any atom is 0.231 e. The number of hydrogen-bond acceptors (Lipinski definition) is 2. The number of nitrogens with two attached hydrogens (primary N) is 1. The molecule has 82 valence electrons. The van der Waals surface area contributed by atoms with Crippen molar-refractivity contribution in [3.63, 3.8) is 0 Å². The highest BCUT2D eigenvalue weighted by Crippen LogP contribution is 2.15. The summed E-state index contributed by atoms with van der Waals surface area (Å²) < 4.78 is 13.3. The second-order valence-corrected chi connectivity index (χ2v) is 3.81. The number of hydrogen-bond donors (Lipinski definition) is 1. The number of carbonyl (C=O) groups excluding carboxylic acids is 1. The van der Waals surface area contributed by atoms with Gasteiger partial charge in [-0.3, -0.25) is 9.69 Å². The summed E-state index contributed by atoms with van der Waals surface area (Å²) in [5.41, 5.74) is 5.46. The van der Waals surface area contributed by atoms with Crippen LogP contribution in [0.25, 0.3) is 0 Å². The summed E-state index contributed by atoms with van der Waals surface area (Å²) in [6, 6.07) is 4.32. The Hall–Kier alpha value is -1.13. The van der Waals surface area contributed by atoms with Gasteiger partial charge < -0.3 is 5.73 Å². The molecule has 2 N–H and O–H groups in total. The molecule has 0 heterocycles. The van der Waals surface area contributed by atoms with Gasteiger partial charge in [0.05, 0.1) is 6.54 Å². The molecule has 0 saturated heterocycles. The van der Waals surface area contributed by atoms with Crippen LogP contribution in [0.3, 0.4) is 0 Å². The topological polar surface area (TPSA) is 46.3 Å². The van der Waals surface area contributed by atoms with E-state index in [9.17, 15) is 9.18 Å². The number of nitrogens with zero attached hydrogens (tertiary/aromatic N) is 1. The van der Waals surface area contributed by atoms with Gasteiger partial charge in [-0.1, -0.05) is 11.6 Å². The number of halogens is 2. The van der Waals surface area contributed by atoms with Crippen molar-refractivity contribution in [2.45, 2.75) is 6.54 Å². The Morgan fingerprint density at radius 3 is 2.87 bits per heavy atom. The second-order valence-electron chi connectivity index (χ2n) is 3.37. The van der Waals surface area contributed by atoms with Crippen molar-refractivity contribution < 1.29 is 9.18 Å². The Kier molecular flexibility index (Phi) is 4.05. The van der Waals surface area contributed by atoms with Crippen LogP contribution in [0.1, 0.15) is 5.56 Å². The van der Waals surface area contributed by atoms with E-state index in [0.717, 1.165) is 0 Å². The van der Waals surface area contributed by atoms with Gasteiger partial charge in [0.2, 0.25) is 5.91 Å². The molecule has 0 aromatic heterocycles. The highest BCUT2D eigenvalue weighted by atomic mass is 35.5. The first-order valence-corrected chi connectivity index (χ1v) is 4.77. The van der Waals surface area contributed by atoms with Crippen LogP contribution < -0.4 is 5.73 Å². The number of carbonyl (C=O) groups is 1. The first-order valence-electron chi connectivity index (χ1n) is 4.40. The molecule has 0 atom stereocenters. The first-order chi connectivity index (χ1) is 6.99. The lowest BCUT2D eigenvalue weighted by molar-refractivity contribution is -0.118. The highest BCUT2D eigenvalue weighted by Gasteiger charge is 2.08. The molecule has 3 nitrogen and oxygen atoms in total. The average molecular weight is 231 g/mol. The molecule has 0 aliphatic carbocycles. The fourth-order valence-corrected chi connectivity index (χ4v) is 1.47. The Labute approximate surface area is 92.6 Å². The SMILES string of the molecule is CN(CC(N)=O)Cc1cc(Cl)ccc1F. The van der Waals surface area contributed by atoms with Gasteiger partial charge in [-0.05, 0) is 25.2 Å². The van der Waals surface area contributed by atoms with Crippen LogP contribution in [-0.4, -0.2) is 24.4 Å². The fourth-order valence-electron chi connectivity index (χ4n) is 1.28. The lowest BCUT2D eigenvalue weighted by Gasteiger charge is -2.14. The molecule has 0 radical (unpaired) electrons. The van der Waals surface area contributed by atoms with E-state index in [4.69, 9.17) is 17.3 Å². The van der Waals surface area contributed by atoms with Crippen molar-refractivity contribution >= 4 is 17.5 Å². The van der Waals surface area contributed by atoms with Crippen LogP contribution in [-0.2, 0) is 11.3 Å². The maximum atomic E-state index is 13.3. The van der Waals surface area contributed by atoms with E-state index in [1.807, 2.05) is 0 Å². The summed E-state index contributed by atoms with van der Waals surface area (Å²) in [5.74, 6) is -0.782. The quantitative estimate of drug-likeness (QED) is 0.850. The lowest BCUT2D eigenvalue weighted by Crippen LogP contribution is -2.30. The van der Waals surface area contributed by atoms with Crippen LogP contribution >= 0.6 is 11.6 Å². The number of amides is 1. The molecular weight excluding hydrogens is 219 g/mol. The van der Waals surface area contributed by atoms with E-state index in [0.29, 0.717) is 17.1 Å². The van der Waals surface area contributed by atoms with Gasteiger partial charge in [0, 0.05) is 17.1 Å². The van der Waals surface area contributed by atoms with Crippen LogP contribution in [0, 0.1) is 5.82 Å². The summed E-state index contributed by atoms with van der Waals surface area (Å²) in [7, 11) is 1.69. The molecule has 1 amide bonds. The molecule has 15 heavy (non-hydrogen) atoms. The molecule has 0 fully saturated rings. The molecule has 0 aliphatic rings. The van der Waals surface area contributed by atoms with E-state index >= 15 is 0 Å². The third-order valence-corrected chi connectivity index (χ3v) is 2.11. The van der Waals surface area contributed by atoms with Crippen LogP contribution in [0.15, 0.2) is 18.2 Å². The zero-order valence-electron chi connectivity index (χ0n) is 8.34. The molecule has 1 rings (SSSR count). The van der Waals surface area contributed by atoms with Crippen molar-refractivity contribution in [3.05, 3.63) is 34.6 Å².